The van der Waals surface area contributed by atoms with E-state index in [0.717, 1.165) is 7.11 Å². The van der Waals surface area contributed by atoms with E-state index in [2.05, 4.69) is 0 Å². The molecule has 1 heterocycles. The van der Waals surface area contributed by atoms with Gasteiger partial charge < -0.3 is 39.4 Å². The Kier molecular flexibility index (Phi) is 6.71. The zero-order valence-electron chi connectivity index (χ0n) is 23.1. The number of fused-ring (bicyclic) bond motifs is 5. The summed E-state index contributed by atoms with van der Waals surface area (Å²) in [4.78, 5) is 40.5. The van der Waals surface area contributed by atoms with Gasteiger partial charge in [0.1, 0.15) is 23.9 Å². The minimum Gasteiger partial charge on any atom is -0.455 e. The third kappa shape index (κ3) is 3.64. The van der Waals surface area contributed by atoms with Gasteiger partial charge in [-0.25, -0.2) is 9.59 Å². The molecular weight excluding hydrogens is 524 g/mol. The Labute approximate surface area is 231 Å². The van der Waals surface area contributed by atoms with Crippen molar-refractivity contribution in [1.29, 1.82) is 0 Å². The molecule has 4 aliphatic rings. The smallest absolute Gasteiger partial charge is 0.455 e. The first-order valence-corrected chi connectivity index (χ1v) is 13.3. The van der Waals surface area contributed by atoms with Gasteiger partial charge in [-0.05, 0) is 37.1 Å². The van der Waals surface area contributed by atoms with Gasteiger partial charge in [0.15, 0.2) is 11.4 Å². The van der Waals surface area contributed by atoms with Gasteiger partial charge >= 0.3 is 12.1 Å². The fourth-order valence-electron chi connectivity index (χ4n) is 7.59. The molecular formula is C29H36O11. The number of benzene rings is 1. The average molecular weight is 561 g/mol. The summed E-state index contributed by atoms with van der Waals surface area (Å²) in [5.41, 5.74) is -6.56. The molecule has 4 N–H and O–H groups in total. The van der Waals surface area contributed by atoms with Gasteiger partial charge in [0.25, 0.3) is 0 Å². The van der Waals surface area contributed by atoms with Crippen molar-refractivity contribution in [2.24, 2.45) is 16.7 Å². The van der Waals surface area contributed by atoms with Crippen molar-refractivity contribution in [2.75, 3.05) is 13.7 Å². The summed E-state index contributed by atoms with van der Waals surface area (Å²) in [7, 11) is 1.11. The molecule has 40 heavy (non-hydrogen) atoms. The maximum atomic E-state index is 14.3. The van der Waals surface area contributed by atoms with Gasteiger partial charge in [-0.3, -0.25) is 4.79 Å². The van der Waals surface area contributed by atoms with Crippen molar-refractivity contribution in [3.63, 3.8) is 0 Å². The minimum atomic E-state index is -2.11. The highest BCUT2D eigenvalue weighted by Crippen LogP contribution is 2.63. The Morgan fingerprint density at radius 3 is 2.30 bits per heavy atom. The van der Waals surface area contributed by atoms with Gasteiger partial charge in [0.2, 0.25) is 0 Å². The van der Waals surface area contributed by atoms with Gasteiger partial charge in [0.05, 0.1) is 42.8 Å². The van der Waals surface area contributed by atoms with E-state index in [1.807, 2.05) is 0 Å². The number of carbonyl (C=O) groups is 3. The van der Waals surface area contributed by atoms with E-state index in [1.165, 1.54) is 19.1 Å². The molecule has 3 fully saturated rings. The van der Waals surface area contributed by atoms with E-state index in [9.17, 15) is 34.8 Å². The number of methoxy groups -OCH3 is 1. The van der Waals surface area contributed by atoms with Crippen LogP contribution in [0.15, 0.2) is 41.5 Å². The van der Waals surface area contributed by atoms with Gasteiger partial charge in [0, 0.05) is 18.3 Å². The second kappa shape index (κ2) is 9.35. The lowest BCUT2D eigenvalue weighted by Crippen LogP contribution is -2.81. The highest BCUT2D eigenvalue weighted by molar-refractivity contribution is 5.94. The number of aliphatic hydroxyl groups is 4. The quantitative estimate of drug-likeness (QED) is 0.311. The fraction of sp³-hybridized carbons (Fsp3) is 0.621. The largest absolute Gasteiger partial charge is 0.508 e. The van der Waals surface area contributed by atoms with E-state index in [-0.39, 0.29) is 30.6 Å². The summed E-state index contributed by atoms with van der Waals surface area (Å²) < 4.78 is 22.4. The standard InChI is InChI=1S/C29H36O11/c1-14-16(30)12-29(36)23(39-24(34)15-9-7-6-8-10-15)21-27(4,22(33)20(32)19(14)26(29,2)3)17(31)11-18-28(21,13-38-18)40-25(35)37-5/h6-10,16-18,20-21,23,30-32,36H,11-13H2,1-5H3/t16-,17-,18+,20+,21?,23-,27+,28-,29+/m0/s1. The van der Waals surface area contributed by atoms with Crippen molar-refractivity contribution < 1.29 is 53.8 Å². The van der Waals surface area contributed by atoms with Crippen LogP contribution in [0.4, 0.5) is 4.79 Å². The van der Waals surface area contributed by atoms with Gasteiger partial charge in [-0.1, -0.05) is 32.0 Å². The van der Waals surface area contributed by atoms with Crippen molar-refractivity contribution in [3.05, 3.63) is 47.0 Å². The van der Waals surface area contributed by atoms with Crippen LogP contribution in [0, 0.1) is 16.7 Å². The molecule has 2 bridgehead atoms. The van der Waals surface area contributed by atoms with E-state index in [0.29, 0.717) is 5.57 Å². The summed E-state index contributed by atoms with van der Waals surface area (Å²) in [6, 6.07) is 8.02. The minimum absolute atomic E-state index is 0.0845. The first-order chi connectivity index (χ1) is 18.7. The first-order valence-electron chi connectivity index (χ1n) is 13.3. The van der Waals surface area contributed by atoms with Crippen LogP contribution in [0.2, 0.25) is 0 Å². The number of carbonyl (C=O) groups excluding carboxylic acids is 3. The predicted octanol–water partition coefficient (Wildman–Crippen LogP) is 1.30. The van der Waals surface area contributed by atoms with Crippen molar-refractivity contribution in [2.45, 2.75) is 82.3 Å². The average Bonchev–Trinajstić information content (AvgIpc) is 2.91. The van der Waals surface area contributed by atoms with Gasteiger partial charge in [-0.15, -0.1) is 0 Å². The summed E-state index contributed by atoms with van der Waals surface area (Å²) in [6.45, 7) is 5.94. The molecule has 9 atom stereocenters. The fourth-order valence-corrected chi connectivity index (χ4v) is 7.59. The Morgan fingerprint density at radius 1 is 1.07 bits per heavy atom. The number of esters is 1. The number of ether oxygens (including phenoxy) is 4. The van der Waals surface area contributed by atoms with Gasteiger partial charge in [-0.2, -0.15) is 0 Å². The third-order valence-corrected chi connectivity index (χ3v) is 10.1. The molecule has 1 saturated heterocycles. The number of aliphatic hydroxyl groups excluding tert-OH is 3. The molecule has 1 unspecified atom stereocenters. The molecule has 218 valence electrons. The molecule has 5 rings (SSSR count). The zero-order chi connectivity index (χ0) is 29.4. The van der Waals surface area contributed by atoms with Crippen LogP contribution in [-0.2, 0) is 23.7 Å². The van der Waals surface area contributed by atoms with E-state index in [4.69, 9.17) is 18.9 Å². The van der Waals surface area contributed by atoms with Crippen LogP contribution in [-0.4, -0.2) is 93.8 Å². The lowest BCUT2D eigenvalue weighted by Gasteiger charge is -2.67. The number of ketones is 1. The molecule has 0 amide bonds. The topological polar surface area (TPSA) is 169 Å². The van der Waals surface area contributed by atoms with Crippen molar-refractivity contribution in [1.82, 2.24) is 0 Å². The summed E-state index contributed by atoms with van der Waals surface area (Å²) in [6.07, 6.45) is -8.67. The monoisotopic (exact) mass is 560 g/mol. The number of rotatable bonds is 3. The molecule has 1 aliphatic heterocycles. The molecule has 0 aromatic heterocycles. The molecule has 1 aromatic carbocycles. The molecule has 1 aromatic rings. The second-order valence-corrected chi connectivity index (χ2v) is 12.1. The summed E-state index contributed by atoms with van der Waals surface area (Å²) in [5, 5.41) is 46.8. The lowest BCUT2D eigenvalue weighted by atomic mass is 9.44. The highest BCUT2D eigenvalue weighted by atomic mass is 16.8. The maximum absolute atomic E-state index is 14.3. The van der Waals surface area contributed by atoms with Crippen molar-refractivity contribution >= 4 is 17.9 Å². The van der Waals surface area contributed by atoms with E-state index in [1.54, 1.807) is 39.0 Å². The predicted molar refractivity (Wildman–Crippen MR) is 137 cm³/mol. The normalized spacial score (nSPS) is 41.9. The number of hydrogen-bond acceptors (Lipinski definition) is 11. The SMILES string of the molecule is COC(=O)O[C@@]12CO[C@@H]1C[C@H](O)[C@@]1(C)C(=O)[C@H](O)C3=C(C)[C@@H](O)C[C@@](O)([C@@H](OC(=O)c4ccccc4)C12)C3(C)C. The van der Waals surface area contributed by atoms with E-state index >= 15 is 0 Å². The molecule has 2 saturated carbocycles. The van der Waals surface area contributed by atoms with Crippen LogP contribution in [0.3, 0.4) is 0 Å². The Morgan fingerprint density at radius 2 is 1.73 bits per heavy atom. The Bertz CT molecular complexity index is 1260. The molecule has 11 nitrogen and oxygen atoms in total. The van der Waals surface area contributed by atoms with Crippen LogP contribution in [0.1, 0.15) is 50.9 Å². The summed E-state index contributed by atoms with van der Waals surface area (Å²) >= 11 is 0. The number of Topliss-reactive ketones (excluding diaryl/α,β-unsaturated/α-hetero) is 1. The van der Waals surface area contributed by atoms with Crippen LogP contribution in [0.25, 0.3) is 0 Å². The van der Waals surface area contributed by atoms with Crippen LogP contribution in [0.5, 0.6) is 0 Å². The number of hydrogen-bond donors (Lipinski definition) is 4. The zero-order valence-corrected chi connectivity index (χ0v) is 23.1. The summed E-state index contributed by atoms with van der Waals surface area (Å²) in [5.74, 6) is -3.06. The van der Waals surface area contributed by atoms with E-state index < -0.39 is 76.4 Å². The van der Waals surface area contributed by atoms with Crippen LogP contribution < -0.4 is 0 Å². The van der Waals surface area contributed by atoms with Crippen LogP contribution >= 0.6 is 0 Å². The molecule has 3 aliphatic carbocycles. The second-order valence-electron chi connectivity index (χ2n) is 12.1. The molecule has 0 spiro atoms. The Hall–Kier alpha value is -2.83. The maximum Gasteiger partial charge on any atom is 0.508 e. The van der Waals surface area contributed by atoms with Crippen molar-refractivity contribution in [3.8, 4) is 0 Å². The Balaban J connectivity index is 1.81. The highest BCUT2D eigenvalue weighted by Gasteiger charge is 2.78. The third-order valence-electron chi connectivity index (χ3n) is 10.1. The molecule has 0 radical (unpaired) electrons. The lowest BCUT2D eigenvalue weighted by molar-refractivity contribution is -0.344. The first kappa shape index (κ1) is 28.7. The molecule has 11 heteroatoms.